The second-order valence-electron chi connectivity index (χ2n) is 5.17. The van der Waals surface area contributed by atoms with Crippen LogP contribution in [0, 0.1) is 0 Å². The molecule has 6 heteroatoms. The van der Waals surface area contributed by atoms with Gasteiger partial charge in [-0.3, -0.25) is 9.36 Å². The van der Waals surface area contributed by atoms with E-state index in [1.807, 2.05) is 0 Å². The van der Waals surface area contributed by atoms with Crippen LogP contribution in [0.2, 0.25) is 0 Å². The summed E-state index contributed by atoms with van der Waals surface area (Å²) in [6.45, 7) is 3.20. The zero-order valence-electron chi connectivity index (χ0n) is 12.5. The van der Waals surface area contributed by atoms with Crippen LogP contribution in [0.4, 0.5) is 0 Å². The minimum Gasteiger partial charge on any atom is -0.383 e. The van der Waals surface area contributed by atoms with Gasteiger partial charge in [0.2, 0.25) is 0 Å². The van der Waals surface area contributed by atoms with E-state index < -0.39 is 0 Å². The second kappa shape index (κ2) is 6.50. The van der Waals surface area contributed by atoms with E-state index >= 15 is 0 Å². The molecule has 1 aliphatic rings. The summed E-state index contributed by atoms with van der Waals surface area (Å²) < 4.78 is 6.94. The van der Waals surface area contributed by atoms with Gasteiger partial charge in [-0.2, -0.15) is 0 Å². The fraction of sp³-hybridized carbons (Fsp3) is 0.600. The lowest BCUT2D eigenvalue weighted by molar-refractivity contribution is 0.183. The highest BCUT2D eigenvalue weighted by Crippen LogP contribution is 2.34. The molecule has 2 heterocycles. The van der Waals surface area contributed by atoms with Crippen LogP contribution in [0.25, 0.3) is 10.2 Å². The first kappa shape index (κ1) is 15.1. The van der Waals surface area contributed by atoms with Crippen LogP contribution in [0.15, 0.2) is 9.95 Å². The Hall–Kier alpha value is -0.850. The Morgan fingerprint density at radius 3 is 2.95 bits per heavy atom. The first-order valence-corrected chi connectivity index (χ1v) is 9.23. The summed E-state index contributed by atoms with van der Waals surface area (Å²) in [4.78, 5) is 20.0. The Kier molecular flexibility index (Phi) is 4.66. The first-order valence-electron chi connectivity index (χ1n) is 7.43. The highest BCUT2D eigenvalue weighted by molar-refractivity contribution is 7.99. The predicted octanol–water partition coefficient (Wildman–Crippen LogP) is 3.10. The third-order valence-electron chi connectivity index (χ3n) is 3.83. The number of rotatable bonds is 5. The number of ether oxygens (including phenoxy) is 1. The molecule has 0 atom stereocenters. The molecule has 0 saturated heterocycles. The number of fused-ring (bicyclic) bond motifs is 3. The number of aryl methyl sites for hydroxylation is 2. The van der Waals surface area contributed by atoms with Gasteiger partial charge in [-0.05, 0) is 37.0 Å². The quantitative estimate of drug-likeness (QED) is 0.626. The number of thiophene rings is 1. The van der Waals surface area contributed by atoms with Crippen molar-refractivity contribution in [1.29, 1.82) is 0 Å². The van der Waals surface area contributed by atoms with Gasteiger partial charge in [0.1, 0.15) is 4.83 Å². The van der Waals surface area contributed by atoms with Crippen LogP contribution in [0.1, 0.15) is 30.2 Å². The van der Waals surface area contributed by atoms with Gasteiger partial charge in [-0.15, -0.1) is 11.3 Å². The van der Waals surface area contributed by atoms with E-state index in [1.54, 1.807) is 34.8 Å². The summed E-state index contributed by atoms with van der Waals surface area (Å²) in [5.74, 6) is 0.913. The molecule has 0 amide bonds. The molecule has 0 spiro atoms. The van der Waals surface area contributed by atoms with Gasteiger partial charge in [0, 0.05) is 12.0 Å². The Bertz CT molecular complexity index is 706. The van der Waals surface area contributed by atoms with E-state index in [1.165, 1.54) is 23.3 Å². The predicted molar refractivity (Wildman–Crippen MR) is 88.8 cm³/mol. The van der Waals surface area contributed by atoms with Gasteiger partial charge in [0.05, 0.1) is 18.5 Å². The van der Waals surface area contributed by atoms with Crippen LogP contribution >= 0.6 is 23.1 Å². The van der Waals surface area contributed by atoms with Gasteiger partial charge in [-0.25, -0.2) is 4.98 Å². The fourth-order valence-electron chi connectivity index (χ4n) is 2.84. The van der Waals surface area contributed by atoms with Gasteiger partial charge in [-0.1, -0.05) is 18.7 Å². The van der Waals surface area contributed by atoms with Gasteiger partial charge in [0.25, 0.3) is 5.56 Å². The smallest absolute Gasteiger partial charge is 0.263 e. The number of thioether (sulfide) groups is 1. The molecular formula is C15H20N2O2S2. The number of methoxy groups -OCH3 is 1. The van der Waals surface area contributed by atoms with Crippen molar-refractivity contribution < 1.29 is 4.74 Å². The SMILES string of the molecule is CCSc1nc2sc3c(c2c(=O)n1CCOC)CCCC3. The number of hydrogen-bond acceptors (Lipinski definition) is 5. The average Bonchev–Trinajstić information content (AvgIpc) is 2.85. The number of nitrogens with zero attached hydrogens (tertiary/aromatic N) is 2. The summed E-state index contributed by atoms with van der Waals surface area (Å²) in [5, 5.41) is 1.69. The average molecular weight is 324 g/mol. The van der Waals surface area contributed by atoms with Gasteiger partial charge >= 0.3 is 0 Å². The molecule has 1 aliphatic carbocycles. The molecule has 0 bridgehead atoms. The van der Waals surface area contributed by atoms with Crippen molar-refractivity contribution in [2.45, 2.75) is 44.3 Å². The lowest BCUT2D eigenvalue weighted by Crippen LogP contribution is -2.25. The standard InChI is InChI=1S/C15H20N2O2S2/c1-3-20-15-16-13-12(14(18)17(15)8-9-19-2)10-6-4-5-7-11(10)21-13/h3-9H2,1-2H3. The van der Waals surface area contributed by atoms with E-state index in [4.69, 9.17) is 9.72 Å². The molecule has 114 valence electrons. The van der Waals surface area contributed by atoms with E-state index in [9.17, 15) is 4.79 Å². The van der Waals surface area contributed by atoms with Crippen molar-refractivity contribution in [3.05, 3.63) is 20.8 Å². The van der Waals surface area contributed by atoms with Crippen LogP contribution in [-0.2, 0) is 24.1 Å². The highest BCUT2D eigenvalue weighted by atomic mass is 32.2. The maximum absolute atomic E-state index is 12.9. The second-order valence-corrected chi connectivity index (χ2v) is 7.48. The molecule has 0 aliphatic heterocycles. The minimum absolute atomic E-state index is 0.118. The molecule has 0 N–H and O–H groups in total. The fourth-order valence-corrected chi connectivity index (χ4v) is 4.89. The lowest BCUT2D eigenvalue weighted by Gasteiger charge is -2.12. The van der Waals surface area contributed by atoms with Crippen molar-refractivity contribution in [3.8, 4) is 0 Å². The van der Waals surface area contributed by atoms with Crippen LogP contribution in [0.5, 0.6) is 0 Å². The van der Waals surface area contributed by atoms with Crippen molar-refractivity contribution in [2.24, 2.45) is 0 Å². The summed E-state index contributed by atoms with van der Waals surface area (Å²) in [7, 11) is 1.66. The molecule has 0 unspecified atom stereocenters. The Morgan fingerprint density at radius 2 is 2.19 bits per heavy atom. The molecule has 0 aromatic carbocycles. The van der Waals surface area contributed by atoms with Crippen molar-refractivity contribution >= 4 is 33.3 Å². The molecule has 2 aromatic rings. The summed E-state index contributed by atoms with van der Waals surface area (Å²) in [5.41, 5.74) is 1.38. The maximum Gasteiger partial charge on any atom is 0.263 e. The lowest BCUT2D eigenvalue weighted by atomic mass is 9.97. The van der Waals surface area contributed by atoms with Crippen molar-refractivity contribution in [3.63, 3.8) is 0 Å². The van der Waals surface area contributed by atoms with E-state index in [0.717, 1.165) is 34.0 Å². The van der Waals surface area contributed by atoms with Crippen LogP contribution in [0.3, 0.4) is 0 Å². The van der Waals surface area contributed by atoms with Gasteiger partial charge in [0.15, 0.2) is 5.16 Å². The monoisotopic (exact) mass is 324 g/mol. The molecule has 3 rings (SSSR count). The molecule has 21 heavy (non-hydrogen) atoms. The minimum atomic E-state index is 0.118. The Balaban J connectivity index is 2.19. The van der Waals surface area contributed by atoms with Crippen LogP contribution < -0.4 is 5.56 Å². The third kappa shape index (κ3) is 2.76. The molecule has 4 nitrogen and oxygen atoms in total. The highest BCUT2D eigenvalue weighted by Gasteiger charge is 2.21. The molecule has 2 aromatic heterocycles. The van der Waals surface area contributed by atoms with Crippen molar-refractivity contribution in [2.75, 3.05) is 19.5 Å². The number of aromatic nitrogens is 2. The normalized spacial score (nSPS) is 14.6. The van der Waals surface area contributed by atoms with Crippen molar-refractivity contribution in [1.82, 2.24) is 9.55 Å². The topological polar surface area (TPSA) is 44.1 Å². The summed E-state index contributed by atoms with van der Waals surface area (Å²) >= 11 is 3.35. The zero-order chi connectivity index (χ0) is 14.8. The molecule has 0 saturated carbocycles. The maximum atomic E-state index is 12.9. The summed E-state index contributed by atoms with van der Waals surface area (Å²) in [6.07, 6.45) is 4.54. The molecular weight excluding hydrogens is 304 g/mol. The largest absolute Gasteiger partial charge is 0.383 e. The summed E-state index contributed by atoms with van der Waals surface area (Å²) in [6, 6.07) is 0. The van der Waals surface area contributed by atoms with E-state index in [-0.39, 0.29) is 5.56 Å². The van der Waals surface area contributed by atoms with Crippen LogP contribution in [-0.4, -0.2) is 29.0 Å². The number of hydrogen-bond donors (Lipinski definition) is 0. The van der Waals surface area contributed by atoms with E-state index in [0.29, 0.717) is 13.2 Å². The third-order valence-corrected chi connectivity index (χ3v) is 5.88. The molecule has 0 fully saturated rings. The Labute approximate surface area is 132 Å². The molecule has 0 radical (unpaired) electrons. The zero-order valence-corrected chi connectivity index (χ0v) is 14.1. The van der Waals surface area contributed by atoms with E-state index in [2.05, 4.69) is 6.92 Å². The van der Waals surface area contributed by atoms with Gasteiger partial charge < -0.3 is 4.74 Å². The Morgan fingerprint density at radius 1 is 1.38 bits per heavy atom. The first-order chi connectivity index (χ1) is 10.3.